The summed E-state index contributed by atoms with van der Waals surface area (Å²) in [4.78, 5) is 20.7. The lowest BCUT2D eigenvalue weighted by Gasteiger charge is -2.14. The number of hydrogen-bond donors (Lipinski definition) is 6. The van der Waals surface area contributed by atoms with Crippen LogP contribution in [-0.4, -0.2) is 25.9 Å². The number of nitroso groups, excluding NO2 is 2. The molecular weight excluding hydrogens is 636 g/mol. The highest BCUT2D eigenvalue weighted by molar-refractivity contribution is 7.86. The first-order chi connectivity index (χ1) is 22.0. The van der Waals surface area contributed by atoms with Crippen LogP contribution in [0.5, 0.6) is 0 Å². The summed E-state index contributed by atoms with van der Waals surface area (Å²) in [5.74, 6) is 0. The lowest BCUT2D eigenvalue weighted by Crippen LogP contribution is -2.20. The fourth-order valence-corrected chi connectivity index (χ4v) is 5.52. The predicted molar refractivity (Wildman–Crippen MR) is 175 cm³/mol. The number of hydrazine groups is 2. The fourth-order valence-electron chi connectivity index (χ4n) is 4.10. The van der Waals surface area contributed by atoms with E-state index in [9.17, 15) is 35.8 Å². The van der Waals surface area contributed by atoms with E-state index in [0.717, 1.165) is 24.5 Å². The lowest BCUT2D eigenvalue weighted by atomic mass is 10.1. The molecule has 0 aliphatic rings. The van der Waals surface area contributed by atoms with Crippen molar-refractivity contribution < 1.29 is 25.9 Å². The van der Waals surface area contributed by atoms with Gasteiger partial charge >= 0.3 is 0 Å². The van der Waals surface area contributed by atoms with Crippen LogP contribution in [0.15, 0.2) is 130 Å². The van der Waals surface area contributed by atoms with Gasteiger partial charge in [0.15, 0.2) is 0 Å². The Labute approximate surface area is 264 Å². The molecule has 0 aliphatic heterocycles. The Balaban J connectivity index is 1.59. The van der Waals surface area contributed by atoms with Gasteiger partial charge in [0, 0.05) is 11.1 Å². The molecule has 0 bridgehead atoms. The van der Waals surface area contributed by atoms with Crippen LogP contribution in [0.1, 0.15) is 22.3 Å². The average Bonchev–Trinajstić information content (AvgIpc) is 3.04. The first kappa shape index (κ1) is 33.2. The average molecular weight is 663 g/mol. The molecule has 236 valence electrons. The highest BCUT2D eigenvalue weighted by Crippen LogP contribution is 2.26. The van der Waals surface area contributed by atoms with Crippen molar-refractivity contribution in [1.29, 1.82) is 0 Å². The third-order valence-corrected chi connectivity index (χ3v) is 8.06. The Morgan fingerprint density at radius 3 is 1.26 bits per heavy atom. The molecule has 0 saturated carbocycles. The van der Waals surface area contributed by atoms with Gasteiger partial charge in [0.25, 0.3) is 20.2 Å². The maximum Gasteiger partial charge on any atom is 0.295 e. The molecular formula is C30H26N6O8S2. The van der Waals surface area contributed by atoms with E-state index in [2.05, 4.69) is 32.1 Å². The van der Waals surface area contributed by atoms with Crippen molar-refractivity contribution in [3.05, 3.63) is 142 Å². The van der Waals surface area contributed by atoms with Crippen molar-refractivity contribution in [3.8, 4) is 0 Å². The highest BCUT2D eigenvalue weighted by atomic mass is 32.2. The molecule has 0 radical (unpaired) electrons. The van der Waals surface area contributed by atoms with Gasteiger partial charge in [-0.15, -0.1) is 9.81 Å². The number of benzene rings is 4. The molecule has 14 nitrogen and oxygen atoms in total. The van der Waals surface area contributed by atoms with Crippen LogP contribution in [0.2, 0.25) is 0 Å². The van der Waals surface area contributed by atoms with Crippen LogP contribution in [0.25, 0.3) is 23.5 Å². The third kappa shape index (κ3) is 8.93. The number of rotatable bonds is 14. The van der Waals surface area contributed by atoms with Crippen molar-refractivity contribution >= 4 is 55.2 Å². The maximum atomic E-state index is 12.3. The van der Waals surface area contributed by atoms with E-state index in [-0.39, 0.29) is 33.9 Å². The second-order valence-electron chi connectivity index (χ2n) is 9.32. The van der Waals surface area contributed by atoms with Gasteiger partial charge in [0.2, 0.25) is 0 Å². The summed E-state index contributed by atoms with van der Waals surface area (Å²) in [7, 11) is -9.55. The highest BCUT2D eigenvalue weighted by Gasteiger charge is 2.18. The summed E-state index contributed by atoms with van der Waals surface area (Å²) in [6.45, 7) is 0. The molecule has 0 heterocycles. The molecule has 16 heteroatoms. The van der Waals surface area contributed by atoms with Crippen molar-refractivity contribution in [2.45, 2.75) is 9.79 Å². The molecule has 6 N–H and O–H groups in total. The van der Waals surface area contributed by atoms with E-state index in [1.165, 1.54) is 36.4 Å². The largest absolute Gasteiger partial charge is 0.301 e. The van der Waals surface area contributed by atoms with Crippen LogP contribution in [0.4, 0.5) is 11.4 Å². The molecule has 4 aromatic carbocycles. The molecule has 0 aromatic heterocycles. The van der Waals surface area contributed by atoms with Gasteiger partial charge in [-0.1, -0.05) is 84.9 Å². The first-order valence-corrected chi connectivity index (χ1v) is 16.0. The topological polar surface area (TPSA) is 216 Å². The lowest BCUT2D eigenvalue weighted by molar-refractivity contribution is 0.480. The van der Waals surface area contributed by atoms with Crippen LogP contribution in [0, 0.1) is 9.81 Å². The van der Waals surface area contributed by atoms with E-state index in [1.54, 1.807) is 60.7 Å². The second kappa shape index (κ2) is 14.9. The van der Waals surface area contributed by atoms with E-state index < -0.39 is 30.0 Å². The quantitative estimate of drug-likeness (QED) is 0.0414. The van der Waals surface area contributed by atoms with Gasteiger partial charge in [0.1, 0.15) is 9.79 Å². The standard InChI is InChI=1S/C30H26N6O8S2/c37-31-19-27(21-7-3-1-4-8-21)35-33-25-15-13-23(29(17-25)45(39,40)41)11-12-24-14-16-26(18-30(24)46(42,43)44)34-36-28(20-32-38)22-9-5-2-6-10-22/h1-20,33-36H,(H,39,40,41)(H,42,43,44)/b12-11+,27-19+,28-20+. The van der Waals surface area contributed by atoms with Crippen molar-refractivity contribution in [1.82, 2.24) is 10.9 Å². The smallest absolute Gasteiger partial charge is 0.295 e. The number of nitrogens with zero attached hydrogens (tertiary/aromatic N) is 2. The zero-order valence-electron chi connectivity index (χ0n) is 23.6. The molecule has 0 amide bonds. The summed E-state index contributed by atoms with van der Waals surface area (Å²) < 4.78 is 68.8. The second-order valence-corrected chi connectivity index (χ2v) is 12.1. The molecule has 0 unspecified atom stereocenters. The molecule has 0 atom stereocenters. The first-order valence-electron chi connectivity index (χ1n) is 13.1. The Morgan fingerprint density at radius 1 is 0.565 bits per heavy atom. The predicted octanol–water partition coefficient (Wildman–Crippen LogP) is 5.71. The Kier molecular flexibility index (Phi) is 10.7. The molecule has 0 spiro atoms. The molecule has 4 rings (SSSR count). The molecule has 4 aromatic rings. The van der Waals surface area contributed by atoms with Crippen LogP contribution in [0.3, 0.4) is 0 Å². The zero-order chi connectivity index (χ0) is 33.2. The van der Waals surface area contributed by atoms with Gasteiger partial charge in [-0.2, -0.15) is 16.8 Å². The summed E-state index contributed by atoms with van der Waals surface area (Å²) in [6.07, 6.45) is 4.53. The Bertz CT molecular complexity index is 1890. The summed E-state index contributed by atoms with van der Waals surface area (Å²) in [6, 6.07) is 25.3. The van der Waals surface area contributed by atoms with Crippen LogP contribution >= 0.6 is 0 Å². The van der Waals surface area contributed by atoms with E-state index >= 15 is 0 Å². The molecule has 0 fully saturated rings. The van der Waals surface area contributed by atoms with Crippen LogP contribution in [-0.2, 0) is 20.2 Å². The van der Waals surface area contributed by atoms with Crippen LogP contribution < -0.4 is 21.7 Å². The summed E-state index contributed by atoms with van der Waals surface area (Å²) in [5, 5.41) is 5.54. The molecule has 0 saturated heterocycles. The normalized spacial score (nSPS) is 12.4. The SMILES string of the molecule is O=N/C=C(/NNc1ccc(/C=C/c2ccc(NN/C(=C/N=O)c3ccccc3)cc2S(=O)(=O)O)c(S(=O)(=O)O)c1)c1ccccc1. The maximum absolute atomic E-state index is 12.3. The van der Waals surface area contributed by atoms with Gasteiger partial charge in [0.05, 0.1) is 35.2 Å². The van der Waals surface area contributed by atoms with Crippen molar-refractivity contribution in [2.24, 2.45) is 10.4 Å². The van der Waals surface area contributed by atoms with Gasteiger partial charge in [-0.3, -0.25) is 20.0 Å². The fraction of sp³-hybridized carbons (Fsp3) is 0. The number of anilines is 2. The minimum atomic E-state index is -4.77. The zero-order valence-corrected chi connectivity index (χ0v) is 25.2. The van der Waals surface area contributed by atoms with Crippen molar-refractivity contribution in [3.63, 3.8) is 0 Å². The molecule has 0 aliphatic carbocycles. The molecule has 46 heavy (non-hydrogen) atoms. The number of nitrogens with one attached hydrogen (secondary N) is 4. The third-order valence-electron chi connectivity index (χ3n) is 6.24. The van der Waals surface area contributed by atoms with Gasteiger partial charge < -0.3 is 10.9 Å². The Hall–Kier alpha value is -5.68. The van der Waals surface area contributed by atoms with Gasteiger partial charge in [-0.05, 0) is 45.7 Å². The number of hydrogen-bond acceptors (Lipinski definition) is 12. The van der Waals surface area contributed by atoms with E-state index in [1.807, 2.05) is 0 Å². The summed E-state index contributed by atoms with van der Waals surface area (Å²) >= 11 is 0. The van der Waals surface area contributed by atoms with Crippen molar-refractivity contribution in [2.75, 3.05) is 10.9 Å². The summed E-state index contributed by atoms with van der Waals surface area (Å²) in [5.41, 5.74) is 13.2. The van der Waals surface area contributed by atoms with E-state index in [0.29, 0.717) is 11.1 Å². The van der Waals surface area contributed by atoms with E-state index in [4.69, 9.17) is 0 Å². The minimum absolute atomic E-state index is 0.00871. The van der Waals surface area contributed by atoms with Gasteiger partial charge in [-0.25, -0.2) is 0 Å². The monoisotopic (exact) mass is 662 g/mol. The Morgan fingerprint density at radius 2 is 0.935 bits per heavy atom. The minimum Gasteiger partial charge on any atom is -0.301 e.